The SMILES string of the molecule is CN(C[C@@H]1CC[C@@H](c2ccc(Cl)cc2Cl)N(c2ccc(Cl)cc2)C1)C(=O)c1ccc(C#N)cc1. The van der Waals surface area contributed by atoms with Crippen LogP contribution in [0.25, 0.3) is 0 Å². The third-order valence-electron chi connectivity index (χ3n) is 6.30. The number of amides is 1. The molecule has 0 N–H and O–H groups in total. The van der Waals surface area contributed by atoms with E-state index in [9.17, 15) is 4.79 Å². The molecule has 1 saturated heterocycles. The number of nitrogens with zero attached hydrogens (tertiary/aromatic N) is 3. The minimum Gasteiger partial charge on any atom is -0.364 e. The van der Waals surface area contributed by atoms with Crippen molar-refractivity contribution in [2.45, 2.75) is 18.9 Å². The molecule has 1 heterocycles. The fraction of sp³-hybridized carbons (Fsp3) is 0.259. The summed E-state index contributed by atoms with van der Waals surface area (Å²) in [5.74, 6) is 0.232. The van der Waals surface area contributed by atoms with Crippen LogP contribution in [0.4, 0.5) is 5.69 Å². The Bertz CT molecular complexity index is 1210. The van der Waals surface area contributed by atoms with Crippen molar-refractivity contribution >= 4 is 46.4 Å². The van der Waals surface area contributed by atoms with E-state index in [2.05, 4.69) is 11.0 Å². The molecule has 0 radical (unpaired) electrons. The van der Waals surface area contributed by atoms with Gasteiger partial charge >= 0.3 is 0 Å². The van der Waals surface area contributed by atoms with Crippen LogP contribution < -0.4 is 4.90 Å². The van der Waals surface area contributed by atoms with E-state index < -0.39 is 0 Å². The van der Waals surface area contributed by atoms with E-state index in [0.717, 1.165) is 30.6 Å². The summed E-state index contributed by atoms with van der Waals surface area (Å²) < 4.78 is 0. The molecule has 0 spiro atoms. The number of rotatable bonds is 5. The topological polar surface area (TPSA) is 47.3 Å². The molecule has 0 aliphatic carbocycles. The largest absolute Gasteiger partial charge is 0.364 e. The zero-order chi connectivity index (χ0) is 24.2. The smallest absolute Gasteiger partial charge is 0.253 e. The lowest BCUT2D eigenvalue weighted by molar-refractivity contribution is 0.0765. The number of benzene rings is 3. The summed E-state index contributed by atoms with van der Waals surface area (Å²) in [7, 11) is 1.83. The lowest BCUT2D eigenvalue weighted by Gasteiger charge is -2.43. The quantitative estimate of drug-likeness (QED) is 0.362. The highest BCUT2D eigenvalue weighted by atomic mass is 35.5. The van der Waals surface area contributed by atoms with Gasteiger partial charge in [-0.3, -0.25) is 4.79 Å². The molecular formula is C27H24Cl3N3O. The molecule has 0 bridgehead atoms. The van der Waals surface area contributed by atoms with Crippen LogP contribution in [-0.4, -0.2) is 30.9 Å². The van der Waals surface area contributed by atoms with Crippen molar-refractivity contribution < 1.29 is 4.79 Å². The molecule has 1 aliphatic heterocycles. The molecule has 0 unspecified atom stereocenters. The standard InChI is InChI=1S/C27H24Cl3N3O/c1-32(27(34)20-5-2-18(15-31)3-6-20)16-19-4-13-26(24-12-9-22(29)14-25(24)30)33(17-19)23-10-7-21(28)8-11-23/h2-3,5-12,14,19,26H,4,13,16-17H2,1H3/t19-,26-/m0/s1. The number of carbonyl (C=O) groups is 1. The van der Waals surface area contributed by atoms with Gasteiger partial charge in [0.1, 0.15) is 0 Å². The summed E-state index contributed by atoms with van der Waals surface area (Å²) in [6.07, 6.45) is 1.85. The van der Waals surface area contributed by atoms with E-state index in [1.165, 1.54) is 0 Å². The van der Waals surface area contributed by atoms with E-state index in [1.807, 2.05) is 43.4 Å². The van der Waals surface area contributed by atoms with E-state index in [1.54, 1.807) is 35.2 Å². The van der Waals surface area contributed by atoms with Crippen molar-refractivity contribution in [3.63, 3.8) is 0 Å². The number of hydrogen-bond acceptors (Lipinski definition) is 3. The number of anilines is 1. The highest BCUT2D eigenvalue weighted by molar-refractivity contribution is 6.35. The Kier molecular flexibility index (Phi) is 7.68. The average molecular weight is 513 g/mol. The minimum absolute atomic E-state index is 0.0506. The molecule has 7 heteroatoms. The maximum atomic E-state index is 13.0. The Balaban J connectivity index is 1.54. The lowest BCUT2D eigenvalue weighted by Crippen LogP contribution is -2.43. The summed E-state index contributed by atoms with van der Waals surface area (Å²) in [6, 6.07) is 22.4. The fourth-order valence-electron chi connectivity index (χ4n) is 4.59. The van der Waals surface area contributed by atoms with Gasteiger partial charge in [-0.1, -0.05) is 40.9 Å². The van der Waals surface area contributed by atoms with Crippen LogP contribution in [-0.2, 0) is 0 Å². The van der Waals surface area contributed by atoms with Gasteiger partial charge in [-0.2, -0.15) is 5.26 Å². The first-order valence-electron chi connectivity index (χ1n) is 11.1. The molecule has 1 aliphatic rings. The molecule has 1 fully saturated rings. The summed E-state index contributed by atoms with van der Waals surface area (Å²) >= 11 is 18.9. The first-order chi connectivity index (χ1) is 16.4. The van der Waals surface area contributed by atoms with Crippen LogP contribution in [0.5, 0.6) is 0 Å². The molecule has 174 valence electrons. The van der Waals surface area contributed by atoms with E-state index in [-0.39, 0.29) is 17.9 Å². The van der Waals surface area contributed by atoms with Gasteiger partial charge in [-0.05, 0) is 85.0 Å². The van der Waals surface area contributed by atoms with Crippen molar-refractivity contribution in [2.75, 3.05) is 25.0 Å². The van der Waals surface area contributed by atoms with Crippen LogP contribution >= 0.6 is 34.8 Å². The fourth-order valence-corrected chi connectivity index (χ4v) is 5.25. The number of nitriles is 1. The van der Waals surface area contributed by atoms with Crippen LogP contribution in [0.2, 0.25) is 15.1 Å². The normalized spacial score (nSPS) is 17.8. The van der Waals surface area contributed by atoms with Gasteiger partial charge in [0.05, 0.1) is 17.7 Å². The zero-order valence-corrected chi connectivity index (χ0v) is 21.0. The van der Waals surface area contributed by atoms with Crippen LogP contribution in [0.1, 0.15) is 40.4 Å². The molecule has 3 aromatic rings. The monoisotopic (exact) mass is 511 g/mol. The van der Waals surface area contributed by atoms with Gasteiger partial charge in [0, 0.05) is 46.5 Å². The summed E-state index contributed by atoms with van der Waals surface area (Å²) in [6.45, 7) is 1.40. The van der Waals surface area contributed by atoms with Crippen molar-refractivity contribution in [1.82, 2.24) is 4.90 Å². The molecule has 4 rings (SSSR count). The van der Waals surface area contributed by atoms with E-state index in [4.69, 9.17) is 40.1 Å². The van der Waals surface area contributed by atoms with Gasteiger partial charge in [0.25, 0.3) is 5.91 Å². The average Bonchev–Trinajstić information content (AvgIpc) is 2.84. The molecular weight excluding hydrogens is 489 g/mol. The zero-order valence-electron chi connectivity index (χ0n) is 18.7. The number of hydrogen-bond donors (Lipinski definition) is 0. The lowest BCUT2D eigenvalue weighted by atomic mass is 9.88. The first kappa shape index (κ1) is 24.4. The van der Waals surface area contributed by atoms with Gasteiger partial charge in [-0.15, -0.1) is 0 Å². The third-order valence-corrected chi connectivity index (χ3v) is 7.11. The number of carbonyl (C=O) groups excluding carboxylic acids is 1. The maximum absolute atomic E-state index is 13.0. The van der Waals surface area contributed by atoms with E-state index >= 15 is 0 Å². The van der Waals surface area contributed by atoms with Crippen molar-refractivity contribution in [2.24, 2.45) is 5.92 Å². The first-order valence-corrected chi connectivity index (χ1v) is 12.2. The van der Waals surface area contributed by atoms with Crippen molar-refractivity contribution in [1.29, 1.82) is 5.26 Å². The predicted molar refractivity (Wildman–Crippen MR) is 139 cm³/mol. The molecule has 0 saturated carbocycles. The number of halogens is 3. The Labute approximate surface area is 215 Å². The van der Waals surface area contributed by atoms with Crippen molar-refractivity contribution in [3.05, 3.63) is 98.5 Å². The van der Waals surface area contributed by atoms with Gasteiger partial charge in [0.2, 0.25) is 0 Å². The Morgan fingerprint density at radius 2 is 1.68 bits per heavy atom. The van der Waals surface area contributed by atoms with Gasteiger partial charge in [-0.25, -0.2) is 0 Å². The molecule has 2 atom stereocenters. The molecule has 34 heavy (non-hydrogen) atoms. The van der Waals surface area contributed by atoms with Gasteiger partial charge < -0.3 is 9.80 Å². The molecule has 3 aromatic carbocycles. The molecule has 0 aromatic heterocycles. The van der Waals surface area contributed by atoms with E-state index in [0.29, 0.717) is 32.7 Å². The maximum Gasteiger partial charge on any atom is 0.253 e. The second-order valence-electron chi connectivity index (χ2n) is 8.63. The highest BCUT2D eigenvalue weighted by Gasteiger charge is 2.32. The third kappa shape index (κ3) is 5.50. The summed E-state index contributed by atoms with van der Waals surface area (Å²) in [4.78, 5) is 17.1. The Hall–Kier alpha value is -2.71. The Morgan fingerprint density at radius 3 is 2.32 bits per heavy atom. The second-order valence-corrected chi connectivity index (χ2v) is 9.91. The van der Waals surface area contributed by atoms with Gasteiger partial charge in [0.15, 0.2) is 0 Å². The van der Waals surface area contributed by atoms with Crippen LogP contribution in [0.3, 0.4) is 0 Å². The van der Waals surface area contributed by atoms with Crippen molar-refractivity contribution in [3.8, 4) is 6.07 Å². The summed E-state index contributed by atoms with van der Waals surface area (Å²) in [5, 5.41) is 10.9. The minimum atomic E-state index is -0.0506. The Morgan fingerprint density at radius 1 is 1.00 bits per heavy atom. The summed E-state index contributed by atoms with van der Waals surface area (Å²) in [5.41, 5.74) is 3.22. The molecule has 1 amide bonds. The van der Waals surface area contributed by atoms with Crippen LogP contribution in [0.15, 0.2) is 66.7 Å². The highest BCUT2D eigenvalue weighted by Crippen LogP contribution is 2.40. The number of piperidine rings is 1. The molecule has 4 nitrogen and oxygen atoms in total. The van der Waals surface area contributed by atoms with Crippen LogP contribution in [0, 0.1) is 17.2 Å². The second kappa shape index (κ2) is 10.7. The predicted octanol–water partition coefficient (Wildman–Crippen LogP) is 7.25.